The SMILES string of the molecule is CC(=O)NS(=O)(=O)c1ccc(NC(=O)c2cncc(Br)c2)cc1. The molecular weight excluding hydrogens is 386 g/mol. The van der Waals surface area contributed by atoms with Crippen molar-refractivity contribution in [1.29, 1.82) is 0 Å². The molecule has 0 atom stereocenters. The highest BCUT2D eigenvalue weighted by Gasteiger charge is 2.15. The molecule has 0 aliphatic rings. The first kappa shape index (κ1) is 17.1. The van der Waals surface area contributed by atoms with Gasteiger partial charge in [-0.1, -0.05) is 0 Å². The van der Waals surface area contributed by atoms with Crippen LogP contribution in [0.25, 0.3) is 0 Å². The number of rotatable bonds is 4. The summed E-state index contributed by atoms with van der Waals surface area (Å²) in [5.41, 5.74) is 0.770. The van der Waals surface area contributed by atoms with E-state index in [0.717, 1.165) is 6.92 Å². The maximum atomic E-state index is 12.0. The fourth-order valence-electron chi connectivity index (χ4n) is 1.70. The molecule has 0 bridgehead atoms. The van der Waals surface area contributed by atoms with Crippen LogP contribution in [0.2, 0.25) is 0 Å². The smallest absolute Gasteiger partial charge is 0.264 e. The van der Waals surface area contributed by atoms with Gasteiger partial charge in [-0.3, -0.25) is 14.6 Å². The van der Waals surface area contributed by atoms with Gasteiger partial charge in [-0.25, -0.2) is 13.1 Å². The number of hydrogen-bond donors (Lipinski definition) is 2. The van der Waals surface area contributed by atoms with Crippen molar-refractivity contribution < 1.29 is 18.0 Å². The number of carbonyl (C=O) groups is 2. The number of amides is 2. The van der Waals surface area contributed by atoms with Gasteiger partial charge in [-0.15, -0.1) is 0 Å². The van der Waals surface area contributed by atoms with E-state index in [1.54, 1.807) is 12.3 Å². The van der Waals surface area contributed by atoms with Crippen LogP contribution in [0.1, 0.15) is 17.3 Å². The van der Waals surface area contributed by atoms with E-state index in [1.807, 2.05) is 4.72 Å². The Bertz CT molecular complexity index is 851. The topological polar surface area (TPSA) is 105 Å². The first-order valence-electron chi connectivity index (χ1n) is 6.33. The minimum absolute atomic E-state index is 0.0742. The Morgan fingerprint density at radius 1 is 1.13 bits per heavy atom. The fourth-order valence-corrected chi connectivity index (χ4v) is 3.06. The van der Waals surface area contributed by atoms with Crippen molar-refractivity contribution >= 4 is 43.5 Å². The number of sulfonamides is 1. The minimum atomic E-state index is -3.89. The zero-order valence-electron chi connectivity index (χ0n) is 11.9. The summed E-state index contributed by atoms with van der Waals surface area (Å²) < 4.78 is 26.1. The molecule has 0 aliphatic heterocycles. The third-order valence-corrected chi connectivity index (χ3v) is 4.55. The molecule has 1 heterocycles. The lowest BCUT2D eigenvalue weighted by molar-refractivity contribution is -0.117. The zero-order chi connectivity index (χ0) is 17.0. The lowest BCUT2D eigenvalue weighted by atomic mass is 10.2. The first-order chi connectivity index (χ1) is 10.8. The average molecular weight is 398 g/mol. The molecular formula is C14H12BrN3O4S. The number of nitrogens with one attached hydrogen (secondary N) is 2. The van der Waals surface area contributed by atoms with Crippen LogP contribution in [0.5, 0.6) is 0 Å². The van der Waals surface area contributed by atoms with E-state index in [0.29, 0.717) is 15.7 Å². The molecule has 0 fully saturated rings. The molecule has 0 spiro atoms. The van der Waals surface area contributed by atoms with Gasteiger partial charge in [0.05, 0.1) is 10.5 Å². The minimum Gasteiger partial charge on any atom is -0.322 e. The maximum absolute atomic E-state index is 12.0. The van der Waals surface area contributed by atoms with Crippen molar-refractivity contribution in [3.8, 4) is 0 Å². The van der Waals surface area contributed by atoms with Crippen LogP contribution >= 0.6 is 15.9 Å². The van der Waals surface area contributed by atoms with E-state index in [1.165, 1.54) is 30.5 Å². The van der Waals surface area contributed by atoms with Crippen LogP contribution in [0.3, 0.4) is 0 Å². The summed E-state index contributed by atoms with van der Waals surface area (Å²) in [7, 11) is -3.89. The molecule has 0 radical (unpaired) electrons. The molecule has 1 aromatic carbocycles. The number of carbonyl (C=O) groups excluding carboxylic acids is 2. The molecule has 2 N–H and O–H groups in total. The molecule has 7 nitrogen and oxygen atoms in total. The molecule has 0 saturated carbocycles. The van der Waals surface area contributed by atoms with Gasteiger partial charge >= 0.3 is 0 Å². The normalized spacial score (nSPS) is 10.9. The molecule has 2 aromatic rings. The van der Waals surface area contributed by atoms with Crippen LogP contribution < -0.4 is 10.0 Å². The third kappa shape index (κ3) is 4.60. The highest BCUT2D eigenvalue weighted by atomic mass is 79.9. The largest absolute Gasteiger partial charge is 0.322 e. The van der Waals surface area contributed by atoms with E-state index in [9.17, 15) is 18.0 Å². The number of benzene rings is 1. The second kappa shape index (κ2) is 6.88. The summed E-state index contributed by atoms with van der Waals surface area (Å²) in [5, 5.41) is 2.62. The van der Waals surface area contributed by atoms with E-state index in [4.69, 9.17) is 0 Å². The van der Waals surface area contributed by atoms with Gasteiger partial charge < -0.3 is 5.32 Å². The van der Waals surface area contributed by atoms with Crippen LogP contribution in [-0.2, 0) is 14.8 Å². The van der Waals surface area contributed by atoms with Crippen LogP contribution in [0.15, 0.2) is 52.1 Å². The molecule has 23 heavy (non-hydrogen) atoms. The quantitative estimate of drug-likeness (QED) is 0.819. The Hall–Kier alpha value is -2.26. The standard InChI is InChI=1S/C14H12BrN3O4S/c1-9(19)18-23(21,22)13-4-2-12(3-5-13)17-14(20)10-6-11(15)8-16-7-10/h2-8H,1H3,(H,17,20)(H,18,19). The molecule has 0 aliphatic carbocycles. The third-order valence-electron chi connectivity index (χ3n) is 2.67. The molecule has 1 aromatic heterocycles. The monoisotopic (exact) mass is 397 g/mol. The number of nitrogens with zero attached hydrogens (tertiary/aromatic N) is 1. The van der Waals surface area contributed by atoms with Crippen molar-refractivity contribution in [3.05, 3.63) is 52.8 Å². The second-order valence-electron chi connectivity index (χ2n) is 4.53. The number of halogens is 1. The lowest BCUT2D eigenvalue weighted by Crippen LogP contribution is -2.28. The summed E-state index contributed by atoms with van der Waals surface area (Å²) >= 11 is 3.22. The van der Waals surface area contributed by atoms with Gasteiger partial charge in [0.2, 0.25) is 5.91 Å². The Labute approximate surface area is 141 Å². The van der Waals surface area contributed by atoms with Gasteiger partial charge in [0.15, 0.2) is 0 Å². The molecule has 2 amide bonds. The first-order valence-corrected chi connectivity index (χ1v) is 8.61. The number of aromatic nitrogens is 1. The summed E-state index contributed by atoms with van der Waals surface area (Å²) in [5.74, 6) is -1.05. The number of pyridine rings is 1. The summed E-state index contributed by atoms with van der Waals surface area (Å²) in [6, 6.07) is 7.05. The summed E-state index contributed by atoms with van der Waals surface area (Å²) in [4.78, 5) is 26.7. The lowest BCUT2D eigenvalue weighted by Gasteiger charge is -2.08. The van der Waals surface area contributed by atoms with E-state index in [2.05, 4.69) is 26.2 Å². The second-order valence-corrected chi connectivity index (χ2v) is 7.13. The van der Waals surface area contributed by atoms with E-state index >= 15 is 0 Å². The predicted molar refractivity (Wildman–Crippen MR) is 87.3 cm³/mol. The summed E-state index contributed by atoms with van der Waals surface area (Å²) in [6.45, 7) is 1.11. The molecule has 9 heteroatoms. The Morgan fingerprint density at radius 3 is 2.35 bits per heavy atom. The van der Waals surface area contributed by atoms with E-state index in [-0.39, 0.29) is 10.8 Å². The van der Waals surface area contributed by atoms with Crippen molar-refractivity contribution in [2.45, 2.75) is 11.8 Å². The highest BCUT2D eigenvalue weighted by molar-refractivity contribution is 9.10. The Balaban J connectivity index is 2.14. The predicted octanol–water partition coefficient (Wildman–Crippen LogP) is 1.92. The fraction of sp³-hybridized carbons (Fsp3) is 0.0714. The van der Waals surface area contributed by atoms with Gasteiger partial charge in [-0.2, -0.15) is 0 Å². The van der Waals surface area contributed by atoms with Gasteiger partial charge in [0, 0.05) is 29.5 Å². The molecule has 0 saturated heterocycles. The number of hydrogen-bond acceptors (Lipinski definition) is 5. The van der Waals surface area contributed by atoms with E-state index < -0.39 is 15.9 Å². The molecule has 2 rings (SSSR count). The number of anilines is 1. The van der Waals surface area contributed by atoms with Crippen LogP contribution in [0, 0.1) is 0 Å². The van der Waals surface area contributed by atoms with Gasteiger partial charge in [0.25, 0.3) is 15.9 Å². The summed E-state index contributed by atoms with van der Waals surface area (Å²) in [6.07, 6.45) is 2.97. The zero-order valence-corrected chi connectivity index (χ0v) is 14.3. The van der Waals surface area contributed by atoms with Crippen LogP contribution in [0.4, 0.5) is 5.69 Å². The van der Waals surface area contributed by atoms with Crippen molar-refractivity contribution in [2.24, 2.45) is 0 Å². The highest BCUT2D eigenvalue weighted by Crippen LogP contribution is 2.16. The molecule has 120 valence electrons. The Kier molecular flexibility index (Phi) is 5.12. The van der Waals surface area contributed by atoms with Crippen molar-refractivity contribution in [2.75, 3.05) is 5.32 Å². The molecule has 0 unspecified atom stereocenters. The Morgan fingerprint density at radius 2 is 1.78 bits per heavy atom. The van der Waals surface area contributed by atoms with Gasteiger partial charge in [-0.05, 0) is 46.3 Å². The average Bonchev–Trinajstić information content (AvgIpc) is 2.46. The van der Waals surface area contributed by atoms with Crippen molar-refractivity contribution in [3.63, 3.8) is 0 Å². The van der Waals surface area contributed by atoms with Crippen LogP contribution in [-0.4, -0.2) is 25.2 Å². The van der Waals surface area contributed by atoms with Gasteiger partial charge in [0.1, 0.15) is 0 Å². The maximum Gasteiger partial charge on any atom is 0.264 e. The van der Waals surface area contributed by atoms with Crippen molar-refractivity contribution in [1.82, 2.24) is 9.71 Å².